The molecule has 0 aromatic heterocycles. The highest BCUT2D eigenvalue weighted by atomic mass is 16.1. The number of hydrogen-bond donors (Lipinski definition) is 1. The zero-order chi connectivity index (χ0) is 15.2. The Morgan fingerprint density at radius 1 is 0.905 bits per heavy atom. The van der Waals surface area contributed by atoms with E-state index in [9.17, 15) is 4.79 Å². The van der Waals surface area contributed by atoms with E-state index in [1.807, 2.05) is 24.3 Å². The zero-order valence-corrected chi connectivity index (χ0v) is 13.5. The Labute approximate surface area is 130 Å². The van der Waals surface area contributed by atoms with Gasteiger partial charge in [0.2, 0.25) is 5.91 Å². The number of hydrogen-bond acceptors (Lipinski definition) is 1. The summed E-state index contributed by atoms with van der Waals surface area (Å²) >= 11 is 0. The molecule has 1 aromatic rings. The third-order valence-corrected chi connectivity index (χ3v) is 3.76. The van der Waals surface area contributed by atoms with Crippen LogP contribution < -0.4 is 5.32 Å². The van der Waals surface area contributed by atoms with Crippen molar-refractivity contribution in [3.8, 4) is 0 Å². The van der Waals surface area contributed by atoms with Crippen LogP contribution in [0.3, 0.4) is 0 Å². The largest absolute Gasteiger partial charge is 0.326 e. The van der Waals surface area contributed by atoms with Gasteiger partial charge in [0.15, 0.2) is 0 Å². The van der Waals surface area contributed by atoms with Crippen LogP contribution in [0.15, 0.2) is 24.3 Å². The van der Waals surface area contributed by atoms with Crippen molar-refractivity contribution < 1.29 is 4.79 Å². The van der Waals surface area contributed by atoms with Crippen molar-refractivity contribution in [1.82, 2.24) is 0 Å². The molecule has 0 saturated carbocycles. The lowest BCUT2D eigenvalue weighted by Crippen LogP contribution is -2.10. The lowest BCUT2D eigenvalue weighted by molar-refractivity contribution is -0.116. The minimum atomic E-state index is 0.126. The molecule has 0 unspecified atom stereocenters. The van der Waals surface area contributed by atoms with Crippen LogP contribution in [0.25, 0.3) is 0 Å². The molecule has 0 spiro atoms. The maximum absolute atomic E-state index is 11.7. The number of nitrogens with one attached hydrogen (secondary N) is 1. The van der Waals surface area contributed by atoms with Crippen LogP contribution >= 0.6 is 0 Å². The molecular weight excluding hydrogens is 258 g/mol. The van der Waals surface area contributed by atoms with Crippen molar-refractivity contribution in [2.24, 2.45) is 0 Å². The van der Waals surface area contributed by atoms with Crippen LogP contribution in [0.2, 0.25) is 0 Å². The molecule has 1 aromatic carbocycles. The molecule has 0 aliphatic heterocycles. The monoisotopic (exact) mass is 288 g/mol. The van der Waals surface area contributed by atoms with Gasteiger partial charge < -0.3 is 5.32 Å². The summed E-state index contributed by atoms with van der Waals surface area (Å²) < 4.78 is 0. The summed E-state index contributed by atoms with van der Waals surface area (Å²) in [7, 11) is 0. The van der Waals surface area contributed by atoms with Gasteiger partial charge in [-0.1, -0.05) is 76.8 Å². The molecule has 0 aliphatic carbocycles. The number of unbranched alkanes of at least 4 members (excludes halogenated alkanes) is 9. The lowest BCUT2D eigenvalue weighted by atomic mass is 10.1. The second kappa shape index (κ2) is 12.4. The molecule has 1 radical (unpaired) electrons. The first-order valence-electron chi connectivity index (χ1n) is 8.59. The predicted molar refractivity (Wildman–Crippen MR) is 90.4 cm³/mol. The Bertz CT molecular complexity index is 361. The fourth-order valence-corrected chi connectivity index (χ4v) is 2.47. The molecule has 21 heavy (non-hydrogen) atoms. The van der Waals surface area contributed by atoms with Crippen molar-refractivity contribution >= 4 is 11.6 Å². The summed E-state index contributed by atoms with van der Waals surface area (Å²) in [5.41, 5.74) is 0.867. The summed E-state index contributed by atoms with van der Waals surface area (Å²) in [4.78, 5) is 11.7. The third kappa shape index (κ3) is 10.1. The van der Waals surface area contributed by atoms with Gasteiger partial charge in [0.25, 0.3) is 0 Å². The highest BCUT2D eigenvalue weighted by Gasteiger charge is 2.01. The number of carbonyl (C=O) groups is 1. The van der Waals surface area contributed by atoms with Gasteiger partial charge in [-0.3, -0.25) is 4.79 Å². The SMILES string of the molecule is CCCCCCCCCCCCC(=O)Nc1cc[c]cc1. The molecule has 2 nitrogen and oxygen atoms in total. The first-order chi connectivity index (χ1) is 10.3. The average Bonchev–Trinajstić information content (AvgIpc) is 2.50. The highest BCUT2D eigenvalue weighted by molar-refractivity contribution is 5.90. The van der Waals surface area contributed by atoms with E-state index in [1.165, 1.54) is 57.8 Å². The first-order valence-corrected chi connectivity index (χ1v) is 8.59. The molecule has 0 atom stereocenters. The Morgan fingerprint density at radius 2 is 1.43 bits per heavy atom. The molecule has 117 valence electrons. The van der Waals surface area contributed by atoms with Crippen LogP contribution in [-0.2, 0) is 4.79 Å². The molecule has 0 bridgehead atoms. The van der Waals surface area contributed by atoms with Gasteiger partial charge in [0, 0.05) is 12.1 Å². The van der Waals surface area contributed by atoms with Crippen LogP contribution in [0.1, 0.15) is 77.6 Å². The molecular formula is C19H30NO. The van der Waals surface area contributed by atoms with E-state index in [4.69, 9.17) is 0 Å². The van der Waals surface area contributed by atoms with Gasteiger partial charge in [0.05, 0.1) is 0 Å². The van der Waals surface area contributed by atoms with E-state index < -0.39 is 0 Å². The fourth-order valence-electron chi connectivity index (χ4n) is 2.47. The summed E-state index contributed by atoms with van der Waals surface area (Å²) in [6, 6.07) is 10.3. The van der Waals surface area contributed by atoms with Crippen molar-refractivity contribution in [3.05, 3.63) is 30.3 Å². The van der Waals surface area contributed by atoms with Crippen LogP contribution in [0.4, 0.5) is 5.69 Å². The Hall–Kier alpha value is -1.31. The summed E-state index contributed by atoms with van der Waals surface area (Å²) in [6.45, 7) is 2.26. The minimum absolute atomic E-state index is 0.126. The van der Waals surface area contributed by atoms with E-state index in [-0.39, 0.29) is 5.91 Å². The maximum atomic E-state index is 11.7. The van der Waals surface area contributed by atoms with E-state index in [0.717, 1.165) is 12.1 Å². The average molecular weight is 288 g/mol. The maximum Gasteiger partial charge on any atom is 0.224 e. The van der Waals surface area contributed by atoms with E-state index in [1.54, 1.807) is 0 Å². The standard InChI is InChI=1S/C19H30NO/c1-2-3-4-5-6-7-8-9-10-14-17-19(21)20-18-15-12-11-13-16-18/h12-13,15-16H,2-10,14,17H2,1H3,(H,20,21). The molecule has 1 N–H and O–H groups in total. The molecule has 0 aliphatic rings. The number of carbonyl (C=O) groups excluding carboxylic acids is 1. The summed E-state index contributed by atoms with van der Waals surface area (Å²) in [5.74, 6) is 0.126. The molecule has 1 amide bonds. The van der Waals surface area contributed by atoms with E-state index in [0.29, 0.717) is 6.42 Å². The topological polar surface area (TPSA) is 29.1 Å². The fraction of sp³-hybridized carbons (Fsp3) is 0.632. The van der Waals surface area contributed by atoms with E-state index in [2.05, 4.69) is 18.3 Å². The van der Waals surface area contributed by atoms with Gasteiger partial charge in [0.1, 0.15) is 0 Å². The number of anilines is 1. The van der Waals surface area contributed by atoms with Gasteiger partial charge >= 0.3 is 0 Å². The normalized spacial score (nSPS) is 10.5. The second-order valence-corrected chi connectivity index (χ2v) is 5.77. The van der Waals surface area contributed by atoms with Crippen molar-refractivity contribution in [1.29, 1.82) is 0 Å². The number of amides is 1. The van der Waals surface area contributed by atoms with E-state index >= 15 is 0 Å². The van der Waals surface area contributed by atoms with Crippen molar-refractivity contribution in [3.63, 3.8) is 0 Å². The Morgan fingerprint density at radius 3 is 2.00 bits per heavy atom. The quantitative estimate of drug-likeness (QED) is 0.488. The Balaban J connectivity index is 1.89. The number of rotatable bonds is 12. The smallest absolute Gasteiger partial charge is 0.224 e. The van der Waals surface area contributed by atoms with Crippen molar-refractivity contribution in [2.45, 2.75) is 77.6 Å². The zero-order valence-electron chi connectivity index (χ0n) is 13.5. The molecule has 2 heteroatoms. The second-order valence-electron chi connectivity index (χ2n) is 5.77. The Kier molecular flexibility index (Phi) is 10.5. The first kappa shape index (κ1) is 17.7. The lowest BCUT2D eigenvalue weighted by Gasteiger charge is -2.05. The van der Waals surface area contributed by atoms with Gasteiger partial charge in [-0.15, -0.1) is 0 Å². The third-order valence-electron chi connectivity index (χ3n) is 3.76. The molecule has 0 saturated heterocycles. The van der Waals surface area contributed by atoms with Gasteiger partial charge in [-0.2, -0.15) is 0 Å². The van der Waals surface area contributed by atoms with Gasteiger partial charge in [-0.05, 0) is 24.6 Å². The van der Waals surface area contributed by atoms with Crippen molar-refractivity contribution in [2.75, 3.05) is 5.32 Å². The molecule has 0 fully saturated rings. The molecule has 1 rings (SSSR count). The van der Waals surface area contributed by atoms with Gasteiger partial charge in [-0.25, -0.2) is 0 Å². The predicted octanol–water partition coefficient (Wildman–Crippen LogP) is 5.74. The van der Waals surface area contributed by atoms with Crippen LogP contribution in [-0.4, -0.2) is 5.91 Å². The highest BCUT2D eigenvalue weighted by Crippen LogP contribution is 2.12. The minimum Gasteiger partial charge on any atom is -0.326 e. The molecule has 0 heterocycles. The van der Waals surface area contributed by atoms with Crippen LogP contribution in [0.5, 0.6) is 0 Å². The van der Waals surface area contributed by atoms with Crippen LogP contribution in [0, 0.1) is 6.07 Å². The summed E-state index contributed by atoms with van der Waals surface area (Å²) in [6.07, 6.45) is 13.6. The number of benzene rings is 1. The summed E-state index contributed by atoms with van der Waals surface area (Å²) in [5, 5.41) is 2.91.